The van der Waals surface area contributed by atoms with Crippen LogP contribution in [-0.2, 0) is 17.8 Å². The molecule has 5 nitrogen and oxygen atoms in total. The second-order valence-electron chi connectivity index (χ2n) is 3.67. The van der Waals surface area contributed by atoms with Gasteiger partial charge in [0.05, 0.1) is 17.3 Å². The summed E-state index contributed by atoms with van der Waals surface area (Å²) in [6.07, 6.45) is 0.766. The Morgan fingerprint density at radius 3 is 2.75 bits per heavy atom. The lowest BCUT2D eigenvalue weighted by atomic mass is 10.3. The van der Waals surface area contributed by atoms with Gasteiger partial charge in [0, 0.05) is 20.1 Å². The van der Waals surface area contributed by atoms with Gasteiger partial charge in [0.15, 0.2) is 0 Å². The first-order valence-corrected chi connectivity index (χ1v) is 5.71. The smallest absolute Gasteiger partial charge is 0.347 e. The summed E-state index contributed by atoms with van der Waals surface area (Å²) in [4.78, 5) is 17.6. The number of methoxy groups -OCH3 is 1. The number of nitrogens with zero attached hydrogens (tertiary/aromatic N) is 2. The molecule has 16 heavy (non-hydrogen) atoms. The van der Waals surface area contributed by atoms with Crippen molar-refractivity contribution < 1.29 is 14.6 Å². The lowest BCUT2D eigenvalue weighted by Gasteiger charge is -2.06. The van der Waals surface area contributed by atoms with Crippen molar-refractivity contribution >= 4 is 17.3 Å². The highest BCUT2D eigenvalue weighted by molar-refractivity contribution is 7.13. The number of carboxylic acid groups (broad SMARTS) is 1. The van der Waals surface area contributed by atoms with Crippen LogP contribution in [0.2, 0.25) is 0 Å². The van der Waals surface area contributed by atoms with Gasteiger partial charge < -0.3 is 14.7 Å². The first-order valence-electron chi connectivity index (χ1n) is 4.90. The molecule has 0 radical (unpaired) electrons. The third kappa shape index (κ3) is 3.55. The number of rotatable bonds is 6. The van der Waals surface area contributed by atoms with E-state index in [9.17, 15) is 4.79 Å². The van der Waals surface area contributed by atoms with Crippen molar-refractivity contribution in [2.45, 2.75) is 13.0 Å². The minimum absolute atomic E-state index is 0.250. The van der Waals surface area contributed by atoms with Crippen molar-refractivity contribution in [2.75, 3.05) is 27.7 Å². The van der Waals surface area contributed by atoms with Gasteiger partial charge in [-0.15, -0.1) is 11.3 Å². The average molecular weight is 244 g/mol. The van der Waals surface area contributed by atoms with Gasteiger partial charge in [0.25, 0.3) is 0 Å². The van der Waals surface area contributed by atoms with E-state index in [0.29, 0.717) is 5.69 Å². The number of aromatic carboxylic acids is 1. The van der Waals surface area contributed by atoms with E-state index in [-0.39, 0.29) is 11.5 Å². The van der Waals surface area contributed by atoms with Crippen LogP contribution in [0.15, 0.2) is 0 Å². The maximum atomic E-state index is 11.0. The Labute approximate surface area is 98.7 Å². The van der Waals surface area contributed by atoms with Gasteiger partial charge in [-0.25, -0.2) is 9.78 Å². The highest BCUT2D eigenvalue weighted by Crippen LogP contribution is 2.20. The van der Waals surface area contributed by atoms with Crippen molar-refractivity contribution in [2.24, 2.45) is 0 Å². The number of hydrogen-bond acceptors (Lipinski definition) is 5. The van der Waals surface area contributed by atoms with Crippen molar-refractivity contribution in [3.63, 3.8) is 0 Å². The molecular weight excluding hydrogens is 228 g/mol. The summed E-state index contributed by atoms with van der Waals surface area (Å²) in [7, 11) is 5.48. The lowest BCUT2D eigenvalue weighted by molar-refractivity contribution is 0.0697. The van der Waals surface area contributed by atoms with E-state index in [1.54, 1.807) is 0 Å². The molecular formula is C10H16N2O3S. The fourth-order valence-electron chi connectivity index (χ4n) is 1.23. The summed E-state index contributed by atoms with van der Waals surface area (Å²) in [6.45, 7) is 1.11. The molecule has 0 atom stereocenters. The minimum atomic E-state index is -0.930. The van der Waals surface area contributed by atoms with E-state index in [1.807, 2.05) is 19.0 Å². The van der Waals surface area contributed by atoms with Crippen LogP contribution in [0.5, 0.6) is 0 Å². The summed E-state index contributed by atoms with van der Waals surface area (Å²) < 4.78 is 4.93. The van der Waals surface area contributed by atoms with Crippen LogP contribution >= 0.6 is 11.3 Å². The molecule has 6 heteroatoms. The average Bonchev–Trinajstić information content (AvgIpc) is 2.59. The topological polar surface area (TPSA) is 62.7 Å². The summed E-state index contributed by atoms with van der Waals surface area (Å²) in [5.74, 6) is -0.930. The number of likely N-dealkylation sites (N-methyl/N-ethyl adjacent to an activating group) is 1. The molecule has 0 bridgehead atoms. The van der Waals surface area contributed by atoms with Crippen LogP contribution in [0, 0.1) is 0 Å². The fourth-order valence-corrected chi connectivity index (χ4v) is 2.12. The zero-order valence-corrected chi connectivity index (χ0v) is 10.5. The number of hydrogen-bond donors (Lipinski definition) is 1. The van der Waals surface area contributed by atoms with E-state index in [4.69, 9.17) is 9.84 Å². The highest BCUT2D eigenvalue weighted by Gasteiger charge is 2.16. The normalized spacial score (nSPS) is 11.0. The Balaban J connectivity index is 2.79. The van der Waals surface area contributed by atoms with Crippen LogP contribution in [-0.4, -0.2) is 48.7 Å². The quantitative estimate of drug-likeness (QED) is 0.811. The highest BCUT2D eigenvalue weighted by atomic mass is 32.1. The molecule has 0 aromatic carbocycles. The molecule has 0 aliphatic heterocycles. The van der Waals surface area contributed by atoms with E-state index in [1.165, 1.54) is 18.4 Å². The van der Waals surface area contributed by atoms with Crippen molar-refractivity contribution in [1.82, 2.24) is 9.88 Å². The van der Waals surface area contributed by atoms with Crippen LogP contribution in [0.1, 0.15) is 20.4 Å². The maximum Gasteiger partial charge on any atom is 0.347 e. The molecule has 1 heterocycles. The summed E-state index contributed by atoms with van der Waals surface area (Å²) >= 11 is 1.23. The Hall–Kier alpha value is -0.980. The fraction of sp³-hybridized carbons (Fsp3) is 0.600. The number of aromatic nitrogens is 1. The van der Waals surface area contributed by atoms with E-state index >= 15 is 0 Å². The molecule has 0 aliphatic rings. The van der Waals surface area contributed by atoms with Crippen molar-refractivity contribution in [3.8, 4) is 0 Å². The predicted molar refractivity (Wildman–Crippen MR) is 62.0 cm³/mol. The maximum absolute atomic E-state index is 11.0. The second kappa shape index (κ2) is 5.93. The molecule has 1 N–H and O–H groups in total. The number of ether oxygens (including phenoxy) is 1. The van der Waals surface area contributed by atoms with Gasteiger partial charge in [0.1, 0.15) is 4.88 Å². The Bertz CT molecular complexity index is 363. The van der Waals surface area contributed by atoms with Crippen molar-refractivity contribution in [3.05, 3.63) is 15.6 Å². The number of carbonyl (C=O) groups is 1. The molecule has 0 saturated heterocycles. The van der Waals surface area contributed by atoms with Crippen LogP contribution < -0.4 is 0 Å². The van der Waals surface area contributed by atoms with Gasteiger partial charge in [-0.05, 0) is 14.1 Å². The number of carboxylic acids is 1. The van der Waals surface area contributed by atoms with Crippen LogP contribution in [0.3, 0.4) is 0 Å². The van der Waals surface area contributed by atoms with Gasteiger partial charge in [-0.2, -0.15) is 0 Å². The third-order valence-corrected chi connectivity index (χ3v) is 3.14. The third-order valence-electron chi connectivity index (χ3n) is 1.99. The van der Waals surface area contributed by atoms with E-state index in [0.717, 1.165) is 18.0 Å². The second-order valence-corrected chi connectivity index (χ2v) is 4.76. The van der Waals surface area contributed by atoms with Gasteiger partial charge in [-0.3, -0.25) is 0 Å². The predicted octanol–water partition coefficient (Wildman–Crippen LogP) is 1.09. The molecule has 0 saturated carbocycles. The van der Waals surface area contributed by atoms with Gasteiger partial charge in [-0.1, -0.05) is 0 Å². The standard InChI is InChI=1S/C10H16N2O3S/c1-12(2)5-4-8-11-7(6-15-3)9(16-8)10(13)14/h4-6H2,1-3H3,(H,13,14). The molecule has 90 valence electrons. The molecule has 1 aromatic heterocycles. The van der Waals surface area contributed by atoms with Crippen molar-refractivity contribution in [1.29, 1.82) is 0 Å². The molecule has 0 unspecified atom stereocenters. The molecule has 0 fully saturated rings. The minimum Gasteiger partial charge on any atom is -0.477 e. The zero-order valence-electron chi connectivity index (χ0n) is 9.69. The SMILES string of the molecule is COCc1nc(CCN(C)C)sc1C(=O)O. The van der Waals surface area contributed by atoms with Crippen LogP contribution in [0.25, 0.3) is 0 Å². The molecule has 0 spiro atoms. The summed E-state index contributed by atoms with van der Waals surface area (Å²) in [5, 5.41) is 9.83. The zero-order chi connectivity index (χ0) is 12.1. The van der Waals surface area contributed by atoms with Gasteiger partial charge in [0.2, 0.25) is 0 Å². The Morgan fingerprint density at radius 1 is 1.56 bits per heavy atom. The Kier molecular flexibility index (Phi) is 4.85. The first kappa shape index (κ1) is 13.1. The van der Waals surface area contributed by atoms with E-state index < -0.39 is 5.97 Å². The molecule has 0 aliphatic carbocycles. The monoisotopic (exact) mass is 244 g/mol. The summed E-state index contributed by atoms with van der Waals surface area (Å²) in [5.41, 5.74) is 0.522. The largest absolute Gasteiger partial charge is 0.477 e. The molecule has 1 rings (SSSR count). The van der Waals surface area contributed by atoms with Crippen LogP contribution in [0.4, 0.5) is 0 Å². The Morgan fingerprint density at radius 2 is 2.25 bits per heavy atom. The summed E-state index contributed by atoms with van der Waals surface area (Å²) in [6, 6.07) is 0. The first-order chi connectivity index (χ1) is 7.54. The molecule has 1 aromatic rings. The van der Waals surface area contributed by atoms with E-state index in [2.05, 4.69) is 4.98 Å². The number of thiazole rings is 1. The lowest BCUT2D eigenvalue weighted by Crippen LogP contribution is -2.14. The van der Waals surface area contributed by atoms with Gasteiger partial charge >= 0.3 is 5.97 Å². The molecule has 0 amide bonds.